The fourth-order valence-electron chi connectivity index (χ4n) is 3.90. The van der Waals surface area contributed by atoms with Crippen molar-refractivity contribution in [2.45, 2.75) is 71.4 Å². The second-order valence-electron chi connectivity index (χ2n) is 8.63. The van der Waals surface area contributed by atoms with Gasteiger partial charge in [0, 0.05) is 18.0 Å². The number of carbonyl (C=O) groups is 2. The van der Waals surface area contributed by atoms with Crippen LogP contribution in [0.5, 0.6) is 0 Å². The molecule has 1 fully saturated rings. The normalized spacial score (nSPS) is 15.7. The van der Waals surface area contributed by atoms with Gasteiger partial charge in [-0.15, -0.1) is 5.10 Å². The fraction of sp³-hybridized carbons (Fsp3) is 0.565. The summed E-state index contributed by atoms with van der Waals surface area (Å²) < 4.78 is 3.85. The van der Waals surface area contributed by atoms with Crippen LogP contribution >= 0.6 is 11.5 Å². The summed E-state index contributed by atoms with van der Waals surface area (Å²) in [5, 5.41) is 8.86. The molecule has 2 aromatic rings. The number of nitrogens with zero attached hydrogens (tertiary/aromatic N) is 3. The van der Waals surface area contributed by atoms with Crippen molar-refractivity contribution in [3.05, 3.63) is 46.5 Å². The minimum absolute atomic E-state index is 0.106. The molecule has 1 N–H and O–H groups in total. The van der Waals surface area contributed by atoms with Crippen molar-refractivity contribution in [1.82, 2.24) is 19.8 Å². The van der Waals surface area contributed by atoms with Crippen LogP contribution in [0.25, 0.3) is 0 Å². The molecule has 1 aliphatic rings. The molecule has 0 spiro atoms. The topological polar surface area (TPSA) is 75.2 Å². The number of benzene rings is 1. The van der Waals surface area contributed by atoms with Crippen LogP contribution in [-0.4, -0.2) is 38.9 Å². The molecular weight excluding hydrogens is 396 g/mol. The molecule has 0 saturated heterocycles. The van der Waals surface area contributed by atoms with E-state index in [1.165, 1.54) is 6.42 Å². The number of hydrogen-bond acceptors (Lipinski definition) is 5. The predicted octanol–water partition coefficient (Wildman–Crippen LogP) is 4.53. The van der Waals surface area contributed by atoms with Gasteiger partial charge in [0.05, 0.1) is 0 Å². The summed E-state index contributed by atoms with van der Waals surface area (Å²) in [6.07, 6.45) is 6.32. The van der Waals surface area contributed by atoms with Gasteiger partial charge in [-0.2, -0.15) is 0 Å². The monoisotopic (exact) mass is 428 g/mol. The SMILES string of the molecule is Cc1ccc([C@H](C(=O)NC2CCCCC2)N(CCC(C)C)C(=O)c2csnn2)cc1. The van der Waals surface area contributed by atoms with Gasteiger partial charge in [-0.3, -0.25) is 9.59 Å². The van der Waals surface area contributed by atoms with Crippen molar-refractivity contribution in [1.29, 1.82) is 0 Å². The highest BCUT2D eigenvalue weighted by Crippen LogP contribution is 2.26. The van der Waals surface area contributed by atoms with E-state index in [0.29, 0.717) is 18.2 Å². The van der Waals surface area contributed by atoms with E-state index in [1.807, 2.05) is 31.2 Å². The molecule has 0 aliphatic heterocycles. The van der Waals surface area contributed by atoms with E-state index in [-0.39, 0.29) is 17.9 Å². The summed E-state index contributed by atoms with van der Waals surface area (Å²) in [6.45, 7) is 6.75. The van der Waals surface area contributed by atoms with Gasteiger partial charge >= 0.3 is 0 Å². The Morgan fingerprint density at radius 3 is 2.47 bits per heavy atom. The van der Waals surface area contributed by atoms with Gasteiger partial charge in [-0.05, 0) is 49.2 Å². The van der Waals surface area contributed by atoms with E-state index in [2.05, 4.69) is 28.8 Å². The highest BCUT2D eigenvalue weighted by molar-refractivity contribution is 7.03. The minimum atomic E-state index is -0.680. The molecule has 162 valence electrons. The van der Waals surface area contributed by atoms with Crippen molar-refractivity contribution in [2.75, 3.05) is 6.54 Å². The molecule has 1 aliphatic carbocycles. The van der Waals surface area contributed by atoms with Crippen LogP contribution in [0.15, 0.2) is 29.6 Å². The van der Waals surface area contributed by atoms with E-state index in [1.54, 1.807) is 10.3 Å². The predicted molar refractivity (Wildman–Crippen MR) is 119 cm³/mol. The Kier molecular flexibility index (Phi) is 7.96. The van der Waals surface area contributed by atoms with Crippen molar-refractivity contribution in [2.24, 2.45) is 5.92 Å². The third-order valence-electron chi connectivity index (χ3n) is 5.69. The molecule has 2 amide bonds. The summed E-state index contributed by atoms with van der Waals surface area (Å²) in [7, 11) is 0. The molecule has 0 unspecified atom stereocenters. The first-order valence-electron chi connectivity index (χ1n) is 10.9. The lowest BCUT2D eigenvalue weighted by molar-refractivity contribution is -0.127. The van der Waals surface area contributed by atoms with Crippen LogP contribution in [0.3, 0.4) is 0 Å². The highest BCUT2D eigenvalue weighted by atomic mass is 32.1. The molecule has 0 bridgehead atoms. The molecule has 3 rings (SSSR count). The maximum absolute atomic E-state index is 13.5. The summed E-state index contributed by atoms with van der Waals surface area (Å²) in [5.74, 6) is 0.0637. The Morgan fingerprint density at radius 1 is 1.17 bits per heavy atom. The molecule has 30 heavy (non-hydrogen) atoms. The Morgan fingerprint density at radius 2 is 1.87 bits per heavy atom. The summed E-state index contributed by atoms with van der Waals surface area (Å²) >= 11 is 1.15. The molecule has 7 heteroatoms. The standard InChI is InChI=1S/C23H32N4O2S/c1-16(2)13-14-27(23(29)20-15-30-26-25-20)21(18-11-9-17(3)10-12-18)22(28)24-19-7-5-4-6-8-19/h9-12,15-16,19,21H,4-8,13-14H2,1-3H3,(H,24,28)/t21-/m1/s1. The molecule has 0 radical (unpaired) electrons. The minimum Gasteiger partial charge on any atom is -0.351 e. The van der Waals surface area contributed by atoms with Crippen molar-refractivity contribution >= 4 is 23.3 Å². The number of aryl methyl sites for hydroxylation is 1. The number of amides is 2. The summed E-state index contributed by atoms with van der Waals surface area (Å²) in [6, 6.07) is 7.39. The lowest BCUT2D eigenvalue weighted by Crippen LogP contribution is -2.47. The Labute approximate surface area is 183 Å². The number of rotatable bonds is 8. The van der Waals surface area contributed by atoms with E-state index in [4.69, 9.17) is 0 Å². The zero-order valence-electron chi connectivity index (χ0n) is 18.1. The first-order chi connectivity index (χ1) is 14.5. The number of hydrogen-bond donors (Lipinski definition) is 1. The van der Waals surface area contributed by atoms with E-state index in [0.717, 1.165) is 54.8 Å². The first-order valence-corrected chi connectivity index (χ1v) is 11.7. The summed E-state index contributed by atoms with van der Waals surface area (Å²) in [5.41, 5.74) is 2.24. The van der Waals surface area contributed by atoms with Crippen LogP contribution in [0.2, 0.25) is 0 Å². The quantitative estimate of drug-likeness (QED) is 0.670. The lowest BCUT2D eigenvalue weighted by atomic mass is 9.94. The molecule has 1 aromatic carbocycles. The van der Waals surface area contributed by atoms with Crippen LogP contribution in [0.4, 0.5) is 0 Å². The fourth-order valence-corrected chi connectivity index (χ4v) is 4.33. The zero-order chi connectivity index (χ0) is 21.5. The summed E-state index contributed by atoms with van der Waals surface area (Å²) in [4.78, 5) is 28.5. The third-order valence-corrected chi connectivity index (χ3v) is 6.20. The van der Waals surface area contributed by atoms with Crippen LogP contribution in [-0.2, 0) is 4.79 Å². The van der Waals surface area contributed by atoms with Crippen molar-refractivity contribution < 1.29 is 9.59 Å². The zero-order valence-corrected chi connectivity index (χ0v) is 19.0. The van der Waals surface area contributed by atoms with E-state index in [9.17, 15) is 9.59 Å². The molecule has 1 saturated carbocycles. The van der Waals surface area contributed by atoms with E-state index < -0.39 is 6.04 Å². The highest BCUT2D eigenvalue weighted by Gasteiger charge is 2.34. The van der Waals surface area contributed by atoms with Crippen LogP contribution in [0, 0.1) is 12.8 Å². The number of nitrogens with one attached hydrogen (secondary N) is 1. The Bertz CT molecular complexity index is 814. The average molecular weight is 429 g/mol. The third kappa shape index (κ3) is 5.88. The second kappa shape index (κ2) is 10.7. The molecule has 1 heterocycles. The first kappa shape index (κ1) is 22.4. The van der Waals surface area contributed by atoms with Gasteiger partial charge in [0.25, 0.3) is 5.91 Å². The Balaban J connectivity index is 1.93. The largest absolute Gasteiger partial charge is 0.351 e. The number of aromatic nitrogens is 2. The van der Waals surface area contributed by atoms with E-state index >= 15 is 0 Å². The molecule has 1 atom stereocenters. The smallest absolute Gasteiger partial charge is 0.276 e. The van der Waals surface area contributed by atoms with Crippen LogP contribution < -0.4 is 5.32 Å². The molecule has 6 nitrogen and oxygen atoms in total. The second-order valence-corrected chi connectivity index (χ2v) is 9.24. The van der Waals surface area contributed by atoms with Crippen molar-refractivity contribution in [3.8, 4) is 0 Å². The van der Waals surface area contributed by atoms with Gasteiger partial charge in [-0.25, -0.2) is 0 Å². The maximum atomic E-state index is 13.5. The van der Waals surface area contributed by atoms with Gasteiger partial charge in [0.1, 0.15) is 6.04 Å². The molecule has 1 aromatic heterocycles. The molecular formula is C23H32N4O2S. The van der Waals surface area contributed by atoms with Gasteiger partial charge in [-0.1, -0.05) is 67.4 Å². The number of carbonyl (C=O) groups excluding carboxylic acids is 2. The lowest BCUT2D eigenvalue weighted by Gasteiger charge is -2.33. The van der Waals surface area contributed by atoms with Crippen molar-refractivity contribution in [3.63, 3.8) is 0 Å². The average Bonchev–Trinajstić information content (AvgIpc) is 3.27. The maximum Gasteiger partial charge on any atom is 0.276 e. The van der Waals surface area contributed by atoms with Crippen LogP contribution in [0.1, 0.15) is 80.0 Å². The Hall–Kier alpha value is -2.28. The van der Waals surface area contributed by atoms with Gasteiger partial charge in [0.15, 0.2) is 5.69 Å². The van der Waals surface area contributed by atoms with Gasteiger partial charge in [0.2, 0.25) is 5.91 Å². The van der Waals surface area contributed by atoms with Gasteiger partial charge < -0.3 is 10.2 Å².